The van der Waals surface area contributed by atoms with Gasteiger partial charge in [-0.1, -0.05) is 363 Å². The molecule has 0 aliphatic heterocycles. The topological polar surface area (TPSA) is 237 Å². The summed E-state index contributed by atoms with van der Waals surface area (Å²) in [5.41, 5.74) is 0. The quantitative estimate of drug-likeness (QED) is 0.0222. The third kappa shape index (κ3) is 72.4. The Balaban J connectivity index is 5.23. The highest BCUT2D eigenvalue weighted by molar-refractivity contribution is 7.47. The summed E-state index contributed by atoms with van der Waals surface area (Å²) in [6.45, 7) is 9.60. The van der Waals surface area contributed by atoms with E-state index < -0.39 is 97.5 Å². The lowest BCUT2D eigenvalue weighted by Gasteiger charge is -2.21. The molecule has 3 N–H and O–H groups in total. The van der Waals surface area contributed by atoms with Crippen molar-refractivity contribution in [1.29, 1.82) is 0 Å². The molecule has 0 fully saturated rings. The zero-order valence-corrected chi connectivity index (χ0v) is 65.9. The first-order valence-electron chi connectivity index (χ1n) is 41.0. The fourth-order valence-electron chi connectivity index (χ4n) is 12.2. The minimum absolute atomic E-state index is 0.107. The van der Waals surface area contributed by atoms with Crippen LogP contribution in [0.25, 0.3) is 0 Å². The molecule has 0 spiro atoms. The van der Waals surface area contributed by atoms with Crippen LogP contribution in [0, 0.1) is 11.8 Å². The maximum absolute atomic E-state index is 13.1. The minimum atomic E-state index is -4.96. The first-order chi connectivity index (χ1) is 47.4. The molecule has 0 aromatic carbocycles. The van der Waals surface area contributed by atoms with Crippen LogP contribution in [-0.4, -0.2) is 96.7 Å². The van der Waals surface area contributed by atoms with Crippen LogP contribution in [-0.2, 0) is 65.4 Å². The van der Waals surface area contributed by atoms with E-state index in [4.69, 9.17) is 37.0 Å². The number of hydrogen-bond donors (Lipinski definition) is 3. The standard InChI is InChI=1S/C79H154O17P2/c1-7-9-11-13-15-17-19-21-22-23-27-30-34-37-43-49-55-61-76(81)89-67-74(95-79(84)64-58-52-45-39-35-31-28-25-24-26-29-32-36-41-47-53-59-71(3)4)69-93-97(85,86)91-65-73(80)66-92-98(87,88)94-70-75(68-90-77(82)62-56-50-46-40-42-48-54-60-72(5)6)96-78(83)63-57-51-44-38-33-20-18-16-14-12-10-8-2/h71-75,80H,7-70H2,1-6H3,(H,85,86)(H,87,88)/t73-,74-,75-/m1/s1. The van der Waals surface area contributed by atoms with Crippen molar-refractivity contribution >= 4 is 39.5 Å². The van der Waals surface area contributed by atoms with E-state index in [1.165, 1.54) is 225 Å². The molecule has 0 aromatic rings. The zero-order valence-electron chi connectivity index (χ0n) is 64.1. The second-order valence-corrected chi connectivity index (χ2v) is 32.3. The van der Waals surface area contributed by atoms with E-state index in [0.29, 0.717) is 31.6 Å². The van der Waals surface area contributed by atoms with Gasteiger partial charge in [-0.2, -0.15) is 0 Å². The van der Waals surface area contributed by atoms with Crippen molar-refractivity contribution in [3.63, 3.8) is 0 Å². The maximum Gasteiger partial charge on any atom is 0.472 e. The number of rotatable bonds is 78. The van der Waals surface area contributed by atoms with Gasteiger partial charge >= 0.3 is 39.5 Å². The molecule has 0 aliphatic rings. The normalized spacial score (nSPS) is 13.9. The number of esters is 4. The van der Waals surface area contributed by atoms with Crippen molar-refractivity contribution < 1.29 is 80.2 Å². The highest BCUT2D eigenvalue weighted by atomic mass is 31.2. The Labute approximate surface area is 600 Å². The maximum atomic E-state index is 13.1. The summed E-state index contributed by atoms with van der Waals surface area (Å²) in [6, 6.07) is 0. The molecule has 19 heteroatoms. The molecular formula is C79H154O17P2. The molecule has 0 rings (SSSR count). The third-order valence-electron chi connectivity index (χ3n) is 18.5. The van der Waals surface area contributed by atoms with Crippen LogP contribution >= 0.6 is 15.6 Å². The smallest absolute Gasteiger partial charge is 0.462 e. The number of ether oxygens (including phenoxy) is 4. The largest absolute Gasteiger partial charge is 0.472 e. The van der Waals surface area contributed by atoms with Crippen molar-refractivity contribution in [2.45, 2.75) is 432 Å². The monoisotopic (exact) mass is 1440 g/mol. The number of aliphatic hydroxyl groups excluding tert-OH is 1. The number of phosphoric ester groups is 2. The Morgan fingerprint density at radius 3 is 0.694 bits per heavy atom. The highest BCUT2D eigenvalue weighted by Crippen LogP contribution is 2.45. The van der Waals surface area contributed by atoms with Gasteiger partial charge in [0.1, 0.15) is 19.3 Å². The van der Waals surface area contributed by atoms with Crippen LogP contribution < -0.4 is 0 Å². The summed E-state index contributed by atoms with van der Waals surface area (Å²) in [7, 11) is -9.91. The van der Waals surface area contributed by atoms with E-state index in [-0.39, 0.29) is 25.7 Å². The molecule has 582 valence electrons. The molecule has 0 amide bonds. The second kappa shape index (κ2) is 70.7. The van der Waals surface area contributed by atoms with E-state index in [1.807, 2.05) is 0 Å². The van der Waals surface area contributed by atoms with Crippen molar-refractivity contribution in [3.05, 3.63) is 0 Å². The predicted octanol–water partition coefficient (Wildman–Crippen LogP) is 23.5. The van der Waals surface area contributed by atoms with Crippen LogP contribution in [0.3, 0.4) is 0 Å². The van der Waals surface area contributed by atoms with Crippen LogP contribution in [0.5, 0.6) is 0 Å². The number of phosphoric acid groups is 2. The summed E-state index contributed by atoms with van der Waals surface area (Å²) in [5, 5.41) is 10.6. The van der Waals surface area contributed by atoms with Gasteiger partial charge in [0.2, 0.25) is 0 Å². The lowest BCUT2D eigenvalue weighted by Crippen LogP contribution is -2.30. The van der Waals surface area contributed by atoms with E-state index in [0.717, 1.165) is 102 Å². The van der Waals surface area contributed by atoms with Gasteiger partial charge < -0.3 is 33.8 Å². The fourth-order valence-corrected chi connectivity index (χ4v) is 13.8. The van der Waals surface area contributed by atoms with Gasteiger partial charge in [-0.15, -0.1) is 0 Å². The third-order valence-corrected chi connectivity index (χ3v) is 20.4. The van der Waals surface area contributed by atoms with Gasteiger partial charge in [-0.3, -0.25) is 37.3 Å². The number of carbonyl (C=O) groups excluding carboxylic acids is 4. The molecule has 98 heavy (non-hydrogen) atoms. The molecule has 0 heterocycles. The fraction of sp³-hybridized carbons (Fsp3) is 0.949. The van der Waals surface area contributed by atoms with Crippen LogP contribution in [0.2, 0.25) is 0 Å². The van der Waals surface area contributed by atoms with E-state index in [1.54, 1.807) is 0 Å². The van der Waals surface area contributed by atoms with Crippen LogP contribution in [0.15, 0.2) is 0 Å². The molecule has 0 saturated heterocycles. The summed E-state index contributed by atoms with van der Waals surface area (Å²) < 4.78 is 68.6. The Kier molecular flexibility index (Phi) is 69.3. The zero-order chi connectivity index (χ0) is 72.1. The highest BCUT2D eigenvalue weighted by Gasteiger charge is 2.30. The van der Waals surface area contributed by atoms with Crippen LogP contribution in [0.4, 0.5) is 0 Å². The Morgan fingerprint density at radius 2 is 0.469 bits per heavy atom. The predicted molar refractivity (Wildman–Crippen MR) is 400 cm³/mol. The lowest BCUT2D eigenvalue weighted by atomic mass is 10.0. The lowest BCUT2D eigenvalue weighted by molar-refractivity contribution is -0.161. The molecule has 2 unspecified atom stereocenters. The van der Waals surface area contributed by atoms with E-state index >= 15 is 0 Å². The summed E-state index contributed by atoms with van der Waals surface area (Å²) >= 11 is 0. The van der Waals surface area contributed by atoms with Crippen molar-refractivity contribution in [1.82, 2.24) is 0 Å². The molecule has 0 bridgehead atoms. The van der Waals surface area contributed by atoms with Crippen molar-refractivity contribution in [2.75, 3.05) is 39.6 Å². The number of unbranched alkanes of at least 4 members (excludes halogenated alkanes) is 48. The second-order valence-electron chi connectivity index (χ2n) is 29.4. The summed E-state index contributed by atoms with van der Waals surface area (Å²) in [4.78, 5) is 72.9. The Morgan fingerprint density at radius 1 is 0.276 bits per heavy atom. The summed E-state index contributed by atoms with van der Waals surface area (Å²) in [5.74, 6) is -0.597. The first kappa shape index (κ1) is 96.1. The molecule has 0 radical (unpaired) electrons. The summed E-state index contributed by atoms with van der Waals surface area (Å²) in [6.07, 6.45) is 59.7. The molecule has 0 aliphatic carbocycles. The molecule has 0 saturated carbocycles. The average Bonchev–Trinajstić information content (AvgIpc) is 1.04. The number of carbonyl (C=O) groups is 4. The van der Waals surface area contributed by atoms with Crippen molar-refractivity contribution in [2.24, 2.45) is 11.8 Å². The van der Waals surface area contributed by atoms with E-state index in [2.05, 4.69) is 41.5 Å². The van der Waals surface area contributed by atoms with Gasteiger partial charge in [0.25, 0.3) is 0 Å². The van der Waals surface area contributed by atoms with Crippen LogP contribution in [0.1, 0.15) is 414 Å². The van der Waals surface area contributed by atoms with Gasteiger partial charge in [0.05, 0.1) is 26.4 Å². The minimum Gasteiger partial charge on any atom is -0.462 e. The van der Waals surface area contributed by atoms with Gasteiger partial charge in [0, 0.05) is 25.7 Å². The van der Waals surface area contributed by atoms with Gasteiger partial charge in [-0.25, -0.2) is 9.13 Å². The Bertz CT molecular complexity index is 1890. The molecule has 5 atom stereocenters. The first-order valence-corrected chi connectivity index (χ1v) is 44.0. The van der Waals surface area contributed by atoms with Gasteiger partial charge in [-0.05, 0) is 37.5 Å². The SMILES string of the molecule is CCCCCCCCCCCCCCCCCCCC(=O)OC[C@H](COP(=O)(O)OC[C@@H](O)COP(=O)(O)OC[C@@H](COC(=O)CCCCCCCCCC(C)C)OC(=O)CCCCCCCCCCCCCC)OC(=O)CCCCCCCCCCCCCCCCCCC(C)C. The number of hydrogen-bond acceptors (Lipinski definition) is 15. The molecule has 17 nitrogen and oxygen atoms in total. The Hall–Kier alpha value is -1.94. The van der Waals surface area contributed by atoms with Crippen molar-refractivity contribution in [3.8, 4) is 0 Å². The number of aliphatic hydroxyl groups is 1. The molecule has 0 aromatic heterocycles. The van der Waals surface area contributed by atoms with Gasteiger partial charge in [0.15, 0.2) is 12.2 Å². The average molecular weight is 1440 g/mol. The molecular weight excluding hydrogens is 1280 g/mol. The van der Waals surface area contributed by atoms with E-state index in [9.17, 15) is 43.2 Å².